The van der Waals surface area contributed by atoms with Crippen LogP contribution in [0.5, 0.6) is 0 Å². The molecule has 2 N–H and O–H groups in total. The van der Waals surface area contributed by atoms with Gasteiger partial charge >= 0.3 is 5.97 Å². The fourth-order valence-corrected chi connectivity index (χ4v) is 3.88. The van der Waals surface area contributed by atoms with Gasteiger partial charge in [-0.3, -0.25) is 9.59 Å². The monoisotopic (exact) mass is 446 g/mol. The van der Waals surface area contributed by atoms with Crippen LogP contribution in [0.4, 0.5) is 5.95 Å². The topological polar surface area (TPSA) is 105 Å². The zero-order valence-electron chi connectivity index (χ0n) is 15.0. The molecular formula is C19H19BrN4O4. The minimum atomic E-state index is -1.02. The number of fused-ring (bicyclic) bond motifs is 1. The highest BCUT2D eigenvalue weighted by molar-refractivity contribution is 9.10. The molecule has 0 unspecified atom stereocenters. The number of carbonyl (C=O) groups is 2. The van der Waals surface area contributed by atoms with Crippen molar-refractivity contribution in [1.82, 2.24) is 14.9 Å². The number of nitrogens with zero attached hydrogens (tertiary/aromatic N) is 3. The predicted molar refractivity (Wildman–Crippen MR) is 105 cm³/mol. The van der Waals surface area contributed by atoms with Crippen LogP contribution in [0.2, 0.25) is 0 Å². The Hall–Kier alpha value is -2.52. The Morgan fingerprint density at radius 3 is 2.89 bits per heavy atom. The van der Waals surface area contributed by atoms with Crippen molar-refractivity contribution in [2.75, 3.05) is 25.1 Å². The first-order valence-electron chi connectivity index (χ1n) is 9.02. The van der Waals surface area contributed by atoms with Gasteiger partial charge in [0.1, 0.15) is 6.54 Å². The molecule has 1 fully saturated rings. The van der Waals surface area contributed by atoms with Crippen LogP contribution in [0.25, 0.3) is 11.3 Å². The summed E-state index contributed by atoms with van der Waals surface area (Å²) in [6, 6.07) is 5.78. The summed E-state index contributed by atoms with van der Waals surface area (Å²) in [7, 11) is 0. The smallest absolute Gasteiger partial charge is 0.323 e. The lowest BCUT2D eigenvalue weighted by Gasteiger charge is -2.23. The zero-order valence-corrected chi connectivity index (χ0v) is 16.6. The van der Waals surface area contributed by atoms with E-state index in [4.69, 9.17) is 9.84 Å². The van der Waals surface area contributed by atoms with Gasteiger partial charge < -0.3 is 20.1 Å². The molecule has 0 aliphatic carbocycles. The Morgan fingerprint density at radius 1 is 1.36 bits per heavy atom. The van der Waals surface area contributed by atoms with E-state index in [-0.39, 0.29) is 18.5 Å². The van der Waals surface area contributed by atoms with E-state index in [1.807, 2.05) is 12.1 Å². The molecule has 2 aliphatic rings. The number of hydrogen-bond acceptors (Lipinski definition) is 6. The number of carboxylic acids is 1. The summed E-state index contributed by atoms with van der Waals surface area (Å²) in [5.74, 6) is -0.766. The summed E-state index contributed by atoms with van der Waals surface area (Å²) < 4.78 is 6.09. The second-order valence-corrected chi connectivity index (χ2v) is 7.70. The van der Waals surface area contributed by atoms with Gasteiger partial charge in [0.15, 0.2) is 0 Å². The van der Waals surface area contributed by atoms with Crippen LogP contribution < -0.4 is 5.32 Å². The number of anilines is 1. The number of ether oxygens (including phenoxy) is 1. The van der Waals surface area contributed by atoms with Crippen molar-refractivity contribution in [2.24, 2.45) is 0 Å². The van der Waals surface area contributed by atoms with Gasteiger partial charge in [0, 0.05) is 43.1 Å². The van der Waals surface area contributed by atoms with Crippen molar-refractivity contribution in [3.05, 3.63) is 40.0 Å². The largest absolute Gasteiger partial charge is 0.480 e. The number of amides is 1. The van der Waals surface area contributed by atoms with E-state index in [0.717, 1.165) is 41.7 Å². The SMILES string of the molecule is O=C(O)CN1Cc2ccc(-c3nc(NC4CCOCC4)ncc3Br)cc2C1=O. The Balaban J connectivity index is 1.60. The minimum absolute atomic E-state index is 0.272. The summed E-state index contributed by atoms with van der Waals surface area (Å²) >= 11 is 3.49. The van der Waals surface area contributed by atoms with E-state index in [2.05, 4.69) is 31.2 Å². The predicted octanol–water partition coefficient (Wildman–Crippen LogP) is 2.54. The van der Waals surface area contributed by atoms with E-state index in [1.165, 1.54) is 4.90 Å². The molecule has 28 heavy (non-hydrogen) atoms. The van der Waals surface area contributed by atoms with Crippen LogP contribution in [0, 0.1) is 0 Å². The average Bonchev–Trinajstić information content (AvgIpc) is 2.99. The second-order valence-electron chi connectivity index (χ2n) is 6.85. The highest BCUT2D eigenvalue weighted by Crippen LogP contribution is 2.31. The van der Waals surface area contributed by atoms with Crippen molar-refractivity contribution in [3.63, 3.8) is 0 Å². The Kier molecular flexibility index (Phi) is 5.27. The molecule has 0 bridgehead atoms. The van der Waals surface area contributed by atoms with E-state index in [0.29, 0.717) is 23.8 Å². The van der Waals surface area contributed by atoms with Crippen molar-refractivity contribution >= 4 is 33.8 Å². The molecule has 4 rings (SSSR count). The van der Waals surface area contributed by atoms with Crippen molar-refractivity contribution in [1.29, 1.82) is 0 Å². The molecule has 0 saturated carbocycles. The molecule has 8 nitrogen and oxygen atoms in total. The minimum Gasteiger partial charge on any atom is -0.480 e. The number of aliphatic carboxylic acids is 1. The molecule has 1 amide bonds. The van der Waals surface area contributed by atoms with Gasteiger partial charge in [-0.1, -0.05) is 12.1 Å². The van der Waals surface area contributed by atoms with Gasteiger partial charge in [0.25, 0.3) is 5.91 Å². The summed E-state index contributed by atoms with van der Waals surface area (Å²) in [4.78, 5) is 33.8. The fourth-order valence-electron chi connectivity index (χ4n) is 3.46. The molecule has 0 spiro atoms. The van der Waals surface area contributed by atoms with Crippen LogP contribution in [-0.2, 0) is 16.1 Å². The number of nitrogens with one attached hydrogen (secondary N) is 1. The lowest BCUT2D eigenvalue weighted by atomic mass is 10.0. The second kappa shape index (κ2) is 7.84. The fraction of sp³-hybridized carbons (Fsp3) is 0.368. The average molecular weight is 447 g/mol. The molecule has 1 aromatic carbocycles. The van der Waals surface area contributed by atoms with Gasteiger partial charge in [0.05, 0.1) is 10.2 Å². The highest BCUT2D eigenvalue weighted by Gasteiger charge is 2.29. The normalized spacial score (nSPS) is 16.9. The molecule has 2 aliphatic heterocycles. The standard InChI is InChI=1S/C19H19BrN4O4/c20-15-8-21-19(22-13-3-5-28-6-4-13)23-17(15)11-1-2-12-9-24(10-16(25)26)18(27)14(12)7-11/h1-2,7-8,13H,3-6,9-10H2,(H,25,26)(H,21,22,23). The molecule has 146 valence electrons. The maximum atomic E-state index is 12.5. The van der Waals surface area contributed by atoms with Crippen LogP contribution >= 0.6 is 15.9 Å². The summed E-state index contributed by atoms with van der Waals surface area (Å²) in [5, 5.41) is 12.3. The first kappa shape index (κ1) is 18.8. The van der Waals surface area contributed by atoms with E-state index < -0.39 is 5.97 Å². The first-order chi connectivity index (χ1) is 13.5. The Labute approximate surface area is 170 Å². The highest BCUT2D eigenvalue weighted by atomic mass is 79.9. The number of carbonyl (C=O) groups excluding carboxylic acids is 1. The number of halogens is 1. The third kappa shape index (κ3) is 3.85. The lowest BCUT2D eigenvalue weighted by molar-refractivity contribution is -0.137. The van der Waals surface area contributed by atoms with Crippen LogP contribution in [0.1, 0.15) is 28.8 Å². The third-order valence-corrected chi connectivity index (χ3v) is 5.47. The Bertz CT molecular complexity index is 930. The van der Waals surface area contributed by atoms with Crippen LogP contribution in [0.15, 0.2) is 28.9 Å². The molecule has 1 aromatic heterocycles. The van der Waals surface area contributed by atoms with Crippen LogP contribution in [-0.4, -0.2) is 57.7 Å². The van der Waals surface area contributed by atoms with E-state index >= 15 is 0 Å². The van der Waals surface area contributed by atoms with Gasteiger partial charge in [-0.25, -0.2) is 9.97 Å². The van der Waals surface area contributed by atoms with Crippen molar-refractivity contribution in [2.45, 2.75) is 25.4 Å². The van der Waals surface area contributed by atoms with Gasteiger partial charge in [0.2, 0.25) is 5.95 Å². The first-order valence-corrected chi connectivity index (χ1v) is 9.82. The molecule has 1 saturated heterocycles. The van der Waals surface area contributed by atoms with Crippen molar-refractivity contribution in [3.8, 4) is 11.3 Å². The molecule has 2 aromatic rings. The van der Waals surface area contributed by atoms with Gasteiger partial charge in [-0.15, -0.1) is 0 Å². The lowest BCUT2D eigenvalue weighted by Crippen LogP contribution is -2.29. The molecule has 0 atom stereocenters. The third-order valence-electron chi connectivity index (χ3n) is 4.89. The number of hydrogen-bond donors (Lipinski definition) is 2. The van der Waals surface area contributed by atoms with Gasteiger partial charge in [-0.05, 0) is 40.4 Å². The maximum absolute atomic E-state index is 12.5. The van der Waals surface area contributed by atoms with E-state index in [1.54, 1.807) is 12.3 Å². The van der Waals surface area contributed by atoms with Crippen molar-refractivity contribution < 1.29 is 19.4 Å². The molecule has 0 radical (unpaired) electrons. The molecule has 9 heteroatoms. The summed E-state index contributed by atoms with van der Waals surface area (Å²) in [6.07, 6.45) is 3.50. The molecular weight excluding hydrogens is 428 g/mol. The zero-order chi connectivity index (χ0) is 19.7. The summed E-state index contributed by atoms with van der Waals surface area (Å²) in [5.41, 5.74) is 2.79. The maximum Gasteiger partial charge on any atom is 0.323 e. The van der Waals surface area contributed by atoms with Crippen LogP contribution in [0.3, 0.4) is 0 Å². The quantitative estimate of drug-likeness (QED) is 0.726. The Morgan fingerprint density at radius 2 is 2.14 bits per heavy atom. The van der Waals surface area contributed by atoms with E-state index in [9.17, 15) is 9.59 Å². The number of rotatable bonds is 5. The number of carboxylic acid groups (broad SMARTS) is 1. The van der Waals surface area contributed by atoms with Gasteiger partial charge in [-0.2, -0.15) is 0 Å². The number of benzene rings is 1. The number of aromatic nitrogens is 2. The summed E-state index contributed by atoms with van der Waals surface area (Å²) in [6.45, 7) is 1.45. The molecule has 3 heterocycles.